The van der Waals surface area contributed by atoms with Gasteiger partial charge < -0.3 is 0 Å². The van der Waals surface area contributed by atoms with E-state index in [0.29, 0.717) is 5.56 Å². The Kier molecular flexibility index (Phi) is 1.28. The van der Waals surface area contributed by atoms with E-state index in [1.165, 1.54) is 0 Å². The number of rotatable bonds is 1. The Morgan fingerprint density at radius 2 is 1.77 bits per heavy atom. The van der Waals surface area contributed by atoms with Crippen molar-refractivity contribution in [2.45, 2.75) is 0 Å². The first-order valence-electron chi connectivity index (χ1n) is 6.26. The Morgan fingerprint density at radius 1 is 1.00 bits per heavy atom. The van der Waals surface area contributed by atoms with Gasteiger partial charge in [-0.1, -0.05) is 58.3 Å². The van der Waals surface area contributed by atoms with E-state index in [-0.39, 0.29) is 35.8 Å². The summed E-state index contributed by atoms with van der Waals surface area (Å²) in [6, 6.07) is 5.67. The molecule has 2 aromatic rings. The van der Waals surface area contributed by atoms with Gasteiger partial charge in [0.15, 0.2) is 0 Å². The lowest BCUT2D eigenvalue weighted by Crippen LogP contribution is -1.75. The highest BCUT2D eigenvalue weighted by molar-refractivity contribution is 9.10. The molecule has 13 heavy (non-hydrogen) atoms. The van der Waals surface area contributed by atoms with Crippen LogP contribution in [-0.2, 0) is 0 Å². The highest BCUT2D eigenvalue weighted by Crippen LogP contribution is 2.22. The molecule has 0 bridgehead atoms. The molecule has 64 valence electrons. The lowest BCUT2D eigenvalue weighted by Gasteiger charge is -2.00. The SMILES string of the molecule is [3H]c1c([3H])c([3H])c(-c2cccc(Br)c2)c([3H])c1[3H]. The molecule has 0 atom stereocenters. The van der Waals surface area contributed by atoms with Gasteiger partial charge in [-0.05, 0) is 23.3 Å². The summed E-state index contributed by atoms with van der Waals surface area (Å²) in [6.45, 7) is 0. The predicted octanol–water partition coefficient (Wildman–Crippen LogP) is 4.12. The molecule has 2 rings (SSSR count). The smallest absolute Gasteiger partial charge is 0.0622 e. The van der Waals surface area contributed by atoms with Gasteiger partial charge in [0.2, 0.25) is 0 Å². The molecular formula is C12H9Br. The van der Waals surface area contributed by atoms with Crippen LogP contribution in [0.3, 0.4) is 0 Å². The van der Waals surface area contributed by atoms with Crippen molar-refractivity contribution in [1.29, 1.82) is 0 Å². The van der Waals surface area contributed by atoms with Crippen molar-refractivity contribution in [1.82, 2.24) is 0 Å². The van der Waals surface area contributed by atoms with Crippen molar-refractivity contribution < 1.29 is 6.85 Å². The quantitative estimate of drug-likeness (QED) is 0.706. The van der Waals surface area contributed by atoms with Crippen LogP contribution in [0.25, 0.3) is 11.1 Å². The van der Waals surface area contributed by atoms with Crippen molar-refractivity contribution in [3.05, 3.63) is 59.0 Å². The maximum atomic E-state index is 7.86. The highest BCUT2D eigenvalue weighted by atomic mass is 79.9. The highest BCUT2D eigenvalue weighted by Gasteiger charge is 1.95. The molecule has 0 aliphatic heterocycles. The molecule has 0 aliphatic rings. The number of halogens is 1. The lowest BCUT2D eigenvalue weighted by molar-refractivity contribution is 1.59. The standard InChI is InChI=1S/C12H9Br/c13-12-8-4-7-11(9-12)10-5-2-1-3-6-10/h1-9H/i1T,2T,3T,5T,6T. The molecular weight excluding hydrogens is 224 g/mol. The number of hydrogen-bond acceptors (Lipinski definition) is 0. The van der Waals surface area contributed by atoms with Gasteiger partial charge in [-0.15, -0.1) is 0 Å². The monoisotopic (exact) mass is 242 g/mol. The van der Waals surface area contributed by atoms with Crippen molar-refractivity contribution in [2.24, 2.45) is 0 Å². The Morgan fingerprint density at radius 3 is 2.46 bits per heavy atom. The molecule has 0 saturated carbocycles. The second-order valence-corrected chi connectivity index (χ2v) is 3.43. The maximum Gasteiger partial charge on any atom is 0.0629 e. The summed E-state index contributed by atoms with van der Waals surface area (Å²) >= 11 is 3.31. The fraction of sp³-hybridized carbons (Fsp3) is 0. The van der Waals surface area contributed by atoms with E-state index in [1.54, 1.807) is 18.2 Å². The molecule has 0 radical (unpaired) electrons. The van der Waals surface area contributed by atoms with E-state index in [4.69, 9.17) is 6.85 Å². The minimum Gasteiger partial charge on any atom is -0.0622 e. The first kappa shape index (κ1) is 4.43. The van der Waals surface area contributed by atoms with E-state index < -0.39 is 0 Å². The molecule has 2 aromatic carbocycles. The maximum absolute atomic E-state index is 7.86. The summed E-state index contributed by atoms with van der Waals surface area (Å²) in [5, 5.41) is 0. The van der Waals surface area contributed by atoms with Crippen LogP contribution in [0.5, 0.6) is 0 Å². The van der Waals surface area contributed by atoms with Gasteiger partial charge in [0.05, 0.1) is 6.85 Å². The van der Waals surface area contributed by atoms with E-state index in [9.17, 15) is 0 Å². The van der Waals surface area contributed by atoms with Crippen molar-refractivity contribution in [2.75, 3.05) is 0 Å². The first-order valence-corrected chi connectivity index (χ1v) is 4.55. The average molecular weight is 243 g/mol. The van der Waals surface area contributed by atoms with Crippen molar-refractivity contribution >= 4 is 15.9 Å². The molecule has 0 aliphatic carbocycles. The molecule has 0 saturated heterocycles. The van der Waals surface area contributed by atoms with Crippen molar-refractivity contribution in [3.63, 3.8) is 0 Å². The summed E-state index contributed by atoms with van der Waals surface area (Å²) in [5.74, 6) is 0. The molecule has 0 heterocycles. The number of benzene rings is 2. The van der Waals surface area contributed by atoms with Crippen LogP contribution < -0.4 is 0 Å². The van der Waals surface area contributed by atoms with Gasteiger partial charge in [0.25, 0.3) is 0 Å². The fourth-order valence-corrected chi connectivity index (χ4v) is 1.44. The third kappa shape index (κ3) is 1.99. The van der Waals surface area contributed by atoms with E-state index in [2.05, 4.69) is 15.9 Å². The zero-order valence-electron chi connectivity index (χ0n) is 11.7. The third-order valence-corrected chi connectivity index (χ3v) is 2.11. The first-order chi connectivity index (χ1) is 8.43. The zero-order chi connectivity index (χ0) is 13.4. The number of hydrogen-bond donors (Lipinski definition) is 0. The van der Waals surface area contributed by atoms with Gasteiger partial charge in [-0.2, -0.15) is 0 Å². The van der Waals surface area contributed by atoms with E-state index in [0.717, 1.165) is 4.47 Å². The third-order valence-electron chi connectivity index (χ3n) is 1.61. The van der Waals surface area contributed by atoms with E-state index >= 15 is 0 Å². The normalized spacial score (nSPS) is 15.3. The largest absolute Gasteiger partial charge is 0.0629 e. The van der Waals surface area contributed by atoms with Gasteiger partial charge in [0.1, 0.15) is 0 Å². The topological polar surface area (TPSA) is 0 Å². The molecule has 1 heteroatoms. The molecule has 0 spiro atoms. The zero-order valence-corrected chi connectivity index (χ0v) is 8.27. The second-order valence-electron chi connectivity index (χ2n) is 2.51. The van der Waals surface area contributed by atoms with Crippen LogP contribution in [0, 0.1) is 0 Å². The molecule has 0 unspecified atom stereocenters. The summed E-state index contributed by atoms with van der Waals surface area (Å²) in [4.78, 5) is 0. The Balaban J connectivity index is 2.80. The van der Waals surface area contributed by atoms with Crippen LogP contribution in [0.15, 0.2) is 59.0 Å². The van der Waals surface area contributed by atoms with E-state index in [1.807, 2.05) is 6.07 Å². The minimum atomic E-state index is -0.372. The van der Waals surface area contributed by atoms with Gasteiger partial charge in [-0.25, -0.2) is 0 Å². The molecule has 0 fully saturated rings. The minimum absolute atomic E-state index is 0.181. The molecule has 0 N–H and O–H groups in total. The van der Waals surface area contributed by atoms with Gasteiger partial charge >= 0.3 is 0 Å². The van der Waals surface area contributed by atoms with Crippen LogP contribution in [0.2, 0.25) is 0 Å². The predicted molar refractivity (Wildman–Crippen MR) is 59.6 cm³/mol. The Bertz CT molecular complexity index is 595. The summed E-state index contributed by atoms with van der Waals surface area (Å²) in [5.41, 5.74) is 0.823. The fourth-order valence-electron chi connectivity index (χ4n) is 1.04. The molecule has 0 nitrogen and oxygen atoms in total. The molecule has 0 amide bonds. The van der Waals surface area contributed by atoms with Crippen LogP contribution in [0.4, 0.5) is 0 Å². The summed E-state index contributed by atoms with van der Waals surface area (Å²) in [6.07, 6.45) is 0. The van der Waals surface area contributed by atoms with Crippen LogP contribution >= 0.6 is 15.9 Å². The van der Waals surface area contributed by atoms with Gasteiger partial charge in [0, 0.05) is 4.47 Å². The van der Waals surface area contributed by atoms with Crippen molar-refractivity contribution in [3.8, 4) is 11.1 Å². The molecule has 0 aromatic heterocycles. The van der Waals surface area contributed by atoms with Crippen LogP contribution in [0.1, 0.15) is 6.85 Å². The lowest BCUT2D eigenvalue weighted by atomic mass is 10.1. The van der Waals surface area contributed by atoms with Crippen LogP contribution in [-0.4, -0.2) is 0 Å². The summed E-state index contributed by atoms with van der Waals surface area (Å²) in [7, 11) is 0. The Hall–Kier alpha value is -1.08. The van der Waals surface area contributed by atoms with Gasteiger partial charge in [-0.3, -0.25) is 0 Å². The Labute approximate surface area is 93.4 Å². The second kappa shape index (κ2) is 3.75. The summed E-state index contributed by atoms with van der Waals surface area (Å²) < 4.78 is 39.3. The average Bonchev–Trinajstić information content (AvgIpc) is 2.34.